The summed E-state index contributed by atoms with van der Waals surface area (Å²) < 4.78 is 17.9. The van der Waals surface area contributed by atoms with Gasteiger partial charge in [0.2, 0.25) is 0 Å². The fourth-order valence-electron chi connectivity index (χ4n) is 8.99. The third kappa shape index (κ3) is 2.23. The summed E-state index contributed by atoms with van der Waals surface area (Å²) in [7, 11) is 0. The van der Waals surface area contributed by atoms with Crippen LogP contribution in [0, 0.1) is 28.6 Å². The van der Waals surface area contributed by atoms with Crippen molar-refractivity contribution in [3.8, 4) is 0 Å². The quantitative estimate of drug-likeness (QED) is 0.725. The number of epoxide rings is 1. The Bertz CT molecular complexity index is 808. The van der Waals surface area contributed by atoms with Gasteiger partial charge in [-0.15, -0.1) is 0 Å². The smallest absolute Gasteiger partial charge is 0.106 e. The van der Waals surface area contributed by atoms with Crippen LogP contribution in [0.3, 0.4) is 0 Å². The average Bonchev–Trinajstić information content (AvgIpc) is 3.11. The predicted octanol–water partition coefficient (Wildman–Crippen LogP) is 4.02. The van der Waals surface area contributed by atoms with Gasteiger partial charge in [0.15, 0.2) is 0 Å². The van der Waals surface area contributed by atoms with Gasteiger partial charge in [-0.05, 0) is 74.2 Å². The molecule has 2 unspecified atom stereocenters. The Kier molecular flexibility index (Phi) is 4.18. The topological polar surface area (TPSA) is 75.4 Å². The van der Waals surface area contributed by atoms with E-state index in [-0.39, 0.29) is 23.7 Å². The number of fused-ring (bicyclic) bond motifs is 3. The Morgan fingerprint density at radius 2 is 2.00 bits per heavy atom. The molecule has 2 N–H and O–H groups in total. The van der Waals surface area contributed by atoms with Crippen molar-refractivity contribution >= 4 is 0 Å². The number of rotatable bonds is 4. The van der Waals surface area contributed by atoms with Gasteiger partial charge in [0.25, 0.3) is 0 Å². The lowest BCUT2D eigenvalue weighted by Gasteiger charge is -2.62. The van der Waals surface area contributed by atoms with Crippen LogP contribution >= 0.6 is 0 Å². The minimum absolute atomic E-state index is 0.114. The van der Waals surface area contributed by atoms with E-state index in [1.165, 1.54) is 25.7 Å². The second-order valence-electron chi connectivity index (χ2n) is 11.3. The van der Waals surface area contributed by atoms with Gasteiger partial charge < -0.3 is 24.1 Å². The highest BCUT2D eigenvalue weighted by atomic mass is 16.6. The van der Waals surface area contributed by atoms with E-state index < -0.39 is 5.60 Å². The van der Waals surface area contributed by atoms with Crippen molar-refractivity contribution in [2.24, 2.45) is 28.6 Å². The average molecular weight is 417 g/mol. The van der Waals surface area contributed by atoms with Crippen LogP contribution in [0.2, 0.25) is 0 Å². The van der Waals surface area contributed by atoms with E-state index in [2.05, 4.69) is 13.8 Å². The third-order valence-electron chi connectivity index (χ3n) is 10.6. The Hall–Kier alpha value is -0.880. The number of furan rings is 1. The van der Waals surface area contributed by atoms with Crippen LogP contribution in [0.1, 0.15) is 70.8 Å². The molecule has 1 aromatic rings. The van der Waals surface area contributed by atoms with E-state index in [9.17, 15) is 5.11 Å². The van der Waals surface area contributed by atoms with Crippen molar-refractivity contribution in [1.82, 2.24) is 0 Å². The first-order chi connectivity index (χ1) is 14.4. The summed E-state index contributed by atoms with van der Waals surface area (Å²) in [5.74, 6) is 1.90. The van der Waals surface area contributed by atoms with Crippen LogP contribution in [-0.4, -0.2) is 41.2 Å². The van der Waals surface area contributed by atoms with Crippen molar-refractivity contribution in [3.63, 3.8) is 0 Å². The maximum atomic E-state index is 11.9. The van der Waals surface area contributed by atoms with Crippen molar-refractivity contribution in [2.45, 2.75) is 88.6 Å². The molecule has 6 rings (SSSR count). The predicted molar refractivity (Wildman–Crippen MR) is 111 cm³/mol. The molecule has 4 aliphatic carbocycles. The lowest BCUT2D eigenvalue weighted by Crippen LogP contribution is -2.61. The number of hydrogen-bond donors (Lipinski definition) is 2. The summed E-state index contributed by atoms with van der Waals surface area (Å²) in [6, 6.07) is 1.95. The molecule has 5 heteroatoms. The van der Waals surface area contributed by atoms with Crippen molar-refractivity contribution in [2.75, 3.05) is 13.2 Å². The van der Waals surface area contributed by atoms with E-state index in [1.54, 1.807) is 12.5 Å². The van der Waals surface area contributed by atoms with Gasteiger partial charge in [-0.3, -0.25) is 0 Å². The van der Waals surface area contributed by atoms with Gasteiger partial charge in [-0.1, -0.05) is 13.8 Å². The summed E-state index contributed by atoms with van der Waals surface area (Å²) in [6.45, 7) is 5.40. The Morgan fingerprint density at radius 1 is 1.13 bits per heavy atom. The number of aliphatic hydroxyl groups excluding tert-OH is 1. The lowest BCUT2D eigenvalue weighted by molar-refractivity contribution is -0.195. The van der Waals surface area contributed by atoms with Gasteiger partial charge in [0, 0.05) is 17.4 Å². The lowest BCUT2D eigenvalue weighted by atomic mass is 9.43. The molecule has 2 heterocycles. The van der Waals surface area contributed by atoms with Crippen LogP contribution in [0.25, 0.3) is 0 Å². The first kappa shape index (κ1) is 19.8. The number of ether oxygens (including phenoxy) is 2. The number of aliphatic hydroxyl groups is 2. The maximum absolute atomic E-state index is 11.9. The van der Waals surface area contributed by atoms with Gasteiger partial charge in [0.1, 0.15) is 11.2 Å². The van der Waals surface area contributed by atoms with Crippen LogP contribution in [0.4, 0.5) is 0 Å². The van der Waals surface area contributed by atoms with Crippen molar-refractivity contribution in [1.29, 1.82) is 0 Å². The molecule has 5 aliphatic rings. The van der Waals surface area contributed by atoms with Crippen LogP contribution in [0.5, 0.6) is 0 Å². The first-order valence-electron chi connectivity index (χ1n) is 12.0. The minimum atomic E-state index is -0.846. The highest BCUT2D eigenvalue weighted by Gasteiger charge is 2.84. The zero-order valence-corrected chi connectivity index (χ0v) is 18.3. The summed E-state index contributed by atoms with van der Waals surface area (Å²) in [4.78, 5) is 0. The summed E-state index contributed by atoms with van der Waals surface area (Å²) in [5, 5.41) is 21.1. The van der Waals surface area contributed by atoms with Crippen molar-refractivity contribution in [3.05, 3.63) is 24.2 Å². The van der Waals surface area contributed by atoms with E-state index in [0.29, 0.717) is 42.3 Å². The molecular formula is C25H36O5. The van der Waals surface area contributed by atoms with Gasteiger partial charge in [-0.2, -0.15) is 0 Å². The Balaban J connectivity index is 1.29. The van der Waals surface area contributed by atoms with Gasteiger partial charge >= 0.3 is 0 Å². The highest BCUT2D eigenvalue weighted by molar-refractivity contribution is 5.37. The summed E-state index contributed by atoms with van der Waals surface area (Å²) in [6.07, 6.45) is 12.7. The van der Waals surface area contributed by atoms with Crippen LogP contribution in [-0.2, 0) is 15.1 Å². The molecule has 30 heavy (non-hydrogen) atoms. The zero-order valence-electron chi connectivity index (χ0n) is 18.3. The normalized spacial score (nSPS) is 54.1. The second kappa shape index (κ2) is 6.34. The molecule has 1 aliphatic heterocycles. The minimum Gasteiger partial charge on any atom is -0.472 e. The largest absolute Gasteiger partial charge is 0.472 e. The molecule has 1 spiro atoms. The molecule has 4 saturated carbocycles. The molecule has 1 aromatic heterocycles. The Labute approximate surface area is 179 Å². The molecule has 9 atom stereocenters. The zero-order chi connectivity index (χ0) is 20.8. The second-order valence-corrected chi connectivity index (χ2v) is 11.3. The van der Waals surface area contributed by atoms with E-state index in [1.807, 2.05) is 6.07 Å². The van der Waals surface area contributed by atoms with Gasteiger partial charge in [0.05, 0.1) is 37.9 Å². The van der Waals surface area contributed by atoms with E-state index >= 15 is 0 Å². The van der Waals surface area contributed by atoms with Crippen LogP contribution < -0.4 is 0 Å². The van der Waals surface area contributed by atoms with E-state index in [4.69, 9.17) is 19.0 Å². The summed E-state index contributed by atoms with van der Waals surface area (Å²) >= 11 is 0. The SMILES string of the molecule is C[C@]12CC[C@H](OCCO)C[C@H]1CC[C@@H]1[C@@H]2CC[C@@]2(C)C13OC3C[C@]2(O)c1ccoc1. The molecule has 5 nitrogen and oxygen atoms in total. The fraction of sp³-hybridized carbons (Fsp3) is 0.840. The molecule has 0 amide bonds. The fourth-order valence-corrected chi connectivity index (χ4v) is 8.99. The maximum Gasteiger partial charge on any atom is 0.106 e. The first-order valence-corrected chi connectivity index (χ1v) is 12.0. The molecule has 166 valence electrons. The summed E-state index contributed by atoms with van der Waals surface area (Å²) in [5.41, 5.74) is 0.00685. The third-order valence-corrected chi connectivity index (χ3v) is 10.6. The highest BCUT2D eigenvalue weighted by Crippen LogP contribution is 2.79. The Morgan fingerprint density at radius 3 is 2.77 bits per heavy atom. The monoisotopic (exact) mass is 416 g/mol. The molecule has 5 fully saturated rings. The van der Waals surface area contributed by atoms with Gasteiger partial charge in [-0.25, -0.2) is 0 Å². The molecule has 0 bridgehead atoms. The molecule has 0 radical (unpaired) electrons. The standard InChI is InChI=1S/C25H36O5/c1-22-8-5-18(29-12-10-26)13-16(22)3-4-20-19(22)6-9-23(2)24(27,17-7-11-28-15-17)14-21-25(20,23)30-21/h7,11,15-16,18-21,26-27H,3-6,8-10,12-14H2,1-2H3/t16-,18+,19+,20-,21?,22+,23-,24+,25?/m1/s1. The number of hydrogen-bond acceptors (Lipinski definition) is 5. The molecular weight excluding hydrogens is 380 g/mol. The molecule has 0 aromatic carbocycles. The van der Waals surface area contributed by atoms with Crippen molar-refractivity contribution < 1.29 is 24.1 Å². The van der Waals surface area contributed by atoms with E-state index in [0.717, 1.165) is 24.8 Å². The molecule has 1 saturated heterocycles. The van der Waals surface area contributed by atoms with Crippen LogP contribution in [0.15, 0.2) is 23.0 Å².